The second-order valence-corrected chi connectivity index (χ2v) is 7.10. The SMILES string of the molecule is COc1cc(CC(=O)NNC(=O)CCCOc2ccc(Cl)cc2C)cc(OC)c1OC. The highest BCUT2D eigenvalue weighted by Gasteiger charge is 2.15. The highest BCUT2D eigenvalue weighted by atomic mass is 35.5. The molecule has 2 N–H and O–H groups in total. The van der Waals surface area contributed by atoms with Gasteiger partial charge in [-0.15, -0.1) is 0 Å². The van der Waals surface area contributed by atoms with Crippen molar-refractivity contribution in [3.63, 3.8) is 0 Å². The van der Waals surface area contributed by atoms with Crippen molar-refractivity contribution in [2.24, 2.45) is 0 Å². The molecule has 0 aliphatic heterocycles. The third-order valence-corrected chi connectivity index (χ3v) is 4.61. The summed E-state index contributed by atoms with van der Waals surface area (Å²) >= 11 is 5.91. The number of hydrogen-bond donors (Lipinski definition) is 2. The Labute approximate surface area is 186 Å². The molecule has 2 aromatic carbocycles. The molecule has 8 nitrogen and oxygen atoms in total. The number of halogens is 1. The van der Waals surface area contributed by atoms with Crippen molar-refractivity contribution in [3.8, 4) is 23.0 Å². The molecule has 0 aliphatic carbocycles. The smallest absolute Gasteiger partial charge is 0.242 e. The number of amides is 2. The molecule has 0 heterocycles. The molecule has 0 fully saturated rings. The van der Waals surface area contributed by atoms with Crippen molar-refractivity contribution in [2.45, 2.75) is 26.2 Å². The minimum absolute atomic E-state index is 0.0238. The fourth-order valence-corrected chi connectivity index (χ4v) is 3.09. The summed E-state index contributed by atoms with van der Waals surface area (Å²) in [6.45, 7) is 2.27. The fraction of sp³-hybridized carbons (Fsp3) is 0.364. The molecular weight excluding hydrogens is 424 g/mol. The molecule has 0 radical (unpaired) electrons. The lowest BCUT2D eigenvalue weighted by atomic mass is 10.1. The molecule has 0 aliphatic rings. The minimum Gasteiger partial charge on any atom is -0.493 e. The summed E-state index contributed by atoms with van der Waals surface area (Å²) in [5.41, 5.74) is 6.38. The number of aryl methyl sites for hydroxylation is 1. The van der Waals surface area contributed by atoms with Gasteiger partial charge in [0.2, 0.25) is 17.6 Å². The average Bonchev–Trinajstić information content (AvgIpc) is 2.75. The van der Waals surface area contributed by atoms with Gasteiger partial charge in [-0.1, -0.05) is 11.6 Å². The molecular formula is C22H27ClN2O6. The Balaban J connectivity index is 1.76. The standard InChI is InChI=1S/C22H27ClN2O6/c1-14-10-16(23)7-8-17(14)31-9-5-6-20(26)24-25-21(27)13-15-11-18(28-2)22(30-4)19(12-15)29-3/h7-8,10-12H,5-6,9,13H2,1-4H3,(H,24,26)(H,25,27). The van der Waals surface area contributed by atoms with Crippen molar-refractivity contribution in [2.75, 3.05) is 27.9 Å². The van der Waals surface area contributed by atoms with Crippen LogP contribution >= 0.6 is 11.6 Å². The van der Waals surface area contributed by atoms with E-state index in [0.29, 0.717) is 40.9 Å². The van der Waals surface area contributed by atoms with Crippen molar-refractivity contribution in [1.29, 1.82) is 0 Å². The van der Waals surface area contributed by atoms with Gasteiger partial charge >= 0.3 is 0 Å². The van der Waals surface area contributed by atoms with Crippen molar-refractivity contribution in [3.05, 3.63) is 46.5 Å². The lowest BCUT2D eigenvalue weighted by molar-refractivity contribution is -0.128. The first-order valence-electron chi connectivity index (χ1n) is 9.63. The number of rotatable bonds is 10. The average molecular weight is 451 g/mol. The summed E-state index contributed by atoms with van der Waals surface area (Å²) in [6, 6.07) is 8.71. The molecule has 0 aromatic heterocycles. The maximum absolute atomic E-state index is 12.2. The quantitative estimate of drug-likeness (QED) is 0.426. The van der Waals surface area contributed by atoms with Crippen molar-refractivity contribution < 1.29 is 28.5 Å². The zero-order valence-corrected chi connectivity index (χ0v) is 18.8. The van der Waals surface area contributed by atoms with Gasteiger partial charge in [0, 0.05) is 11.4 Å². The third kappa shape index (κ3) is 7.25. The second kappa shape index (κ2) is 11.9. The van der Waals surface area contributed by atoms with Gasteiger partial charge in [-0.2, -0.15) is 0 Å². The normalized spacial score (nSPS) is 10.2. The third-order valence-electron chi connectivity index (χ3n) is 4.37. The summed E-state index contributed by atoms with van der Waals surface area (Å²) in [6.07, 6.45) is 0.726. The number of hydrazine groups is 1. The molecule has 0 spiro atoms. The maximum Gasteiger partial charge on any atom is 0.242 e. The summed E-state index contributed by atoms with van der Waals surface area (Å²) in [4.78, 5) is 24.1. The Morgan fingerprint density at radius 1 is 0.903 bits per heavy atom. The van der Waals surface area contributed by atoms with E-state index in [-0.39, 0.29) is 24.7 Å². The molecule has 0 saturated carbocycles. The topological polar surface area (TPSA) is 95.1 Å². The zero-order chi connectivity index (χ0) is 22.8. The Morgan fingerprint density at radius 2 is 1.55 bits per heavy atom. The first-order valence-corrected chi connectivity index (χ1v) is 10.0. The number of benzene rings is 2. The Morgan fingerprint density at radius 3 is 2.13 bits per heavy atom. The van der Waals surface area contributed by atoms with Gasteiger partial charge in [-0.05, 0) is 54.8 Å². The first kappa shape index (κ1) is 24.1. The summed E-state index contributed by atoms with van der Waals surface area (Å²) < 4.78 is 21.5. The zero-order valence-electron chi connectivity index (χ0n) is 18.0. The van der Waals surface area contributed by atoms with E-state index >= 15 is 0 Å². The second-order valence-electron chi connectivity index (χ2n) is 6.67. The fourth-order valence-electron chi connectivity index (χ4n) is 2.86. The minimum atomic E-state index is -0.379. The van der Waals surface area contributed by atoms with E-state index in [2.05, 4.69) is 10.9 Å². The highest BCUT2D eigenvalue weighted by Crippen LogP contribution is 2.38. The number of nitrogens with one attached hydrogen (secondary N) is 2. The summed E-state index contributed by atoms with van der Waals surface area (Å²) in [5.74, 6) is 1.38. The van der Waals surface area contributed by atoms with Crippen LogP contribution in [0.25, 0.3) is 0 Å². The van der Waals surface area contributed by atoms with E-state index in [4.69, 9.17) is 30.5 Å². The van der Waals surface area contributed by atoms with Gasteiger partial charge < -0.3 is 18.9 Å². The van der Waals surface area contributed by atoms with Crippen LogP contribution in [0.4, 0.5) is 0 Å². The molecule has 0 saturated heterocycles. The van der Waals surface area contributed by atoms with Crippen LogP contribution in [-0.2, 0) is 16.0 Å². The van der Waals surface area contributed by atoms with Crippen LogP contribution in [0.15, 0.2) is 30.3 Å². The molecule has 0 bridgehead atoms. The molecule has 0 unspecified atom stereocenters. The molecule has 0 atom stereocenters. The number of hydrogen-bond acceptors (Lipinski definition) is 6. The molecule has 2 amide bonds. The molecule has 168 valence electrons. The van der Waals surface area contributed by atoms with E-state index in [0.717, 1.165) is 11.3 Å². The summed E-state index contributed by atoms with van der Waals surface area (Å²) in [7, 11) is 4.50. The molecule has 2 aromatic rings. The Bertz CT molecular complexity index is 894. The monoisotopic (exact) mass is 450 g/mol. The number of methoxy groups -OCH3 is 3. The van der Waals surface area contributed by atoms with Crippen molar-refractivity contribution in [1.82, 2.24) is 10.9 Å². The maximum atomic E-state index is 12.2. The van der Waals surface area contributed by atoms with Crippen LogP contribution < -0.4 is 29.8 Å². The van der Waals surface area contributed by atoms with Gasteiger partial charge in [0.15, 0.2) is 11.5 Å². The van der Waals surface area contributed by atoms with Crippen LogP contribution in [-0.4, -0.2) is 39.8 Å². The van der Waals surface area contributed by atoms with Gasteiger partial charge in [0.1, 0.15) is 5.75 Å². The van der Waals surface area contributed by atoms with Crippen LogP contribution in [0.3, 0.4) is 0 Å². The highest BCUT2D eigenvalue weighted by molar-refractivity contribution is 6.30. The Kier molecular flexibility index (Phi) is 9.27. The molecule has 9 heteroatoms. The van der Waals surface area contributed by atoms with Crippen molar-refractivity contribution >= 4 is 23.4 Å². The van der Waals surface area contributed by atoms with Gasteiger partial charge in [-0.3, -0.25) is 20.4 Å². The van der Waals surface area contributed by atoms with Crippen LogP contribution in [0.5, 0.6) is 23.0 Å². The van der Waals surface area contributed by atoms with Crippen LogP contribution in [0, 0.1) is 6.92 Å². The predicted molar refractivity (Wildman–Crippen MR) is 117 cm³/mol. The van der Waals surface area contributed by atoms with E-state index in [1.165, 1.54) is 21.3 Å². The van der Waals surface area contributed by atoms with E-state index in [1.54, 1.807) is 24.3 Å². The number of carbonyl (C=O) groups is 2. The van der Waals surface area contributed by atoms with E-state index in [1.807, 2.05) is 13.0 Å². The molecule has 31 heavy (non-hydrogen) atoms. The largest absolute Gasteiger partial charge is 0.493 e. The predicted octanol–water partition coefficient (Wildman–Crippen LogP) is 3.22. The van der Waals surface area contributed by atoms with E-state index in [9.17, 15) is 9.59 Å². The molecule has 2 rings (SSSR count). The number of ether oxygens (including phenoxy) is 4. The lowest BCUT2D eigenvalue weighted by Crippen LogP contribution is -2.42. The van der Waals surface area contributed by atoms with Gasteiger partial charge in [-0.25, -0.2) is 0 Å². The van der Waals surface area contributed by atoms with Gasteiger partial charge in [0.25, 0.3) is 0 Å². The summed E-state index contributed by atoms with van der Waals surface area (Å²) in [5, 5.41) is 0.645. The van der Waals surface area contributed by atoms with Gasteiger partial charge in [0.05, 0.1) is 34.4 Å². The first-order chi connectivity index (χ1) is 14.9. The van der Waals surface area contributed by atoms with Crippen LogP contribution in [0.2, 0.25) is 5.02 Å². The lowest BCUT2D eigenvalue weighted by Gasteiger charge is -2.14. The van der Waals surface area contributed by atoms with E-state index < -0.39 is 0 Å². The Hall–Kier alpha value is -3.13. The number of carbonyl (C=O) groups excluding carboxylic acids is 2. The van der Waals surface area contributed by atoms with Crippen LogP contribution in [0.1, 0.15) is 24.0 Å².